The second-order valence-corrected chi connectivity index (χ2v) is 4.70. The van der Waals surface area contributed by atoms with Gasteiger partial charge in [0.05, 0.1) is 4.92 Å². The Morgan fingerprint density at radius 1 is 1.21 bits per heavy atom. The van der Waals surface area contributed by atoms with E-state index in [1.54, 1.807) is 18.2 Å². The quantitative estimate of drug-likeness (QED) is 0.306. The molecule has 3 N–H and O–H groups in total. The molecule has 0 aliphatic heterocycles. The van der Waals surface area contributed by atoms with Gasteiger partial charge < -0.3 is 11.1 Å². The smallest absolute Gasteiger partial charge is 0.314 e. The minimum atomic E-state index is -0.432. The molecule has 5 heteroatoms. The van der Waals surface area contributed by atoms with Gasteiger partial charge >= 0.3 is 5.69 Å². The highest BCUT2D eigenvalue weighted by Gasteiger charge is 2.16. The van der Waals surface area contributed by atoms with Gasteiger partial charge in [0.2, 0.25) is 0 Å². The molecule has 0 amide bonds. The number of nitrogens with one attached hydrogen (secondary N) is 1. The number of hydrogen-bond donors (Lipinski definition) is 2. The average Bonchev–Trinajstić information content (AvgIpc) is 2.37. The third-order valence-electron chi connectivity index (χ3n) is 3.10. The third kappa shape index (κ3) is 5.16. The molecule has 0 unspecified atom stereocenters. The van der Waals surface area contributed by atoms with E-state index in [4.69, 9.17) is 5.73 Å². The van der Waals surface area contributed by atoms with Crippen LogP contribution in [0.15, 0.2) is 18.2 Å². The molecule has 106 valence electrons. The van der Waals surface area contributed by atoms with Gasteiger partial charge in [0, 0.05) is 6.54 Å². The first-order valence-electron chi connectivity index (χ1n) is 6.93. The first-order chi connectivity index (χ1) is 9.16. The Hall–Kier alpha value is -1.78. The van der Waals surface area contributed by atoms with Crippen LogP contribution in [0.1, 0.15) is 45.4 Å². The van der Waals surface area contributed by atoms with E-state index in [1.807, 2.05) is 0 Å². The van der Waals surface area contributed by atoms with E-state index in [-0.39, 0.29) is 11.4 Å². The molecule has 0 saturated heterocycles. The fraction of sp³-hybridized carbons (Fsp3) is 0.571. The number of rotatable bonds is 9. The fourth-order valence-corrected chi connectivity index (χ4v) is 2.04. The molecule has 0 saturated carbocycles. The van der Waals surface area contributed by atoms with Gasteiger partial charge in [-0.25, -0.2) is 0 Å². The summed E-state index contributed by atoms with van der Waals surface area (Å²) in [5.74, 6) is 0. The van der Waals surface area contributed by atoms with Crippen molar-refractivity contribution in [2.45, 2.75) is 45.4 Å². The van der Waals surface area contributed by atoms with Crippen LogP contribution in [-0.2, 0) is 0 Å². The summed E-state index contributed by atoms with van der Waals surface area (Å²) < 4.78 is 0. The maximum absolute atomic E-state index is 10.9. The maximum Gasteiger partial charge on any atom is 0.314 e. The van der Waals surface area contributed by atoms with Crippen LogP contribution >= 0.6 is 0 Å². The number of anilines is 2. The highest BCUT2D eigenvalue weighted by atomic mass is 16.6. The molecular formula is C14H23N3O2. The molecular weight excluding hydrogens is 242 g/mol. The van der Waals surface area contributed by atoms with Crippen molar-refractivity contribution in [3.8, 4) is 0 Å². The zero-order valence-electron chi connectivity index (χ0n) is 11.5. The predicted octanol–water partition coefficient (Wildman–Crippen LogP) is 3.95. The number of benzene rings is 1. The molecule has 0 radical (unpaired) electrons. The highest BCUT2D eigenvalue weighted by Crippen LogP contribution is 2.30. The predicted molar refractivity (Wildman–Crippen MR) is 79.4 cm³/mol. The van der Waals surface area contributed by atoms with Gasteiger partial charge in [0.15, 0.2) is 0 Å². The van der Waals surface area contributed by atoms with E-state index in [2.05, 4.69) is 12.2 Å². The van der Waals surface area contributed by atoms with Gasteiger partial charge in [-0.1, -0.05) is 45.1 Å². The fourth-order valence-electron chi connectivity index (χ4n) is 2.04. The molecule has 0 bridgehead atoms. The number of nitro groups is 1. The number of nitro benzene ring substituents is 1. The first kappa shape index (κ1) is 15.3. The molecule has 0 aliphatic rings. The van der Waals surface area contributed by atoms with Crippen LogP contribution in [0.4, 0.5) is 17.1 Å². The molecule has 0 atom stereocenters. The SMILES string of the molecule is CCCCCCCCNc1cccc(N)c1[N+](=O)[O-]. The molecule has 19 heavy (non-hydrogen) atoms. The monoisotopic (exact) mass is 265 g/mol. The van der Waals surface area contributed by atoms with Crippen molar-refractivity contribution in [3.05, 3.63) is 28.3 Å². The minimum absolute atomic E-state index is 0.0199. The molecule has 1 aromatic rings. The van der Waals surface area contributed by atoms with Gasteiger partial charge in [-0.05, 0) is 18.6 Å². The number of unbranched alkanes of at least 4 members (excludes halogenated alkanes) is 5. The van der Waals surface area contributed by atoms with Crippen molar-refractivity contribution < 1.29 is 4.92 Å². The van der Waals surface area contributed by atoms with Crippen LogP contribution < -0.4 is 11.1 Å². The molecule has 1 rings (SSSR count). The van der Waals surface area contributed by atoms with Crippen molar-refractivity contribution in [1.82, 2.24) is 0 Å². The number of hydrogen-bond acceptors (Lipinski definition) is 4. The lowest BCUT2D eigenvalue weighted by atomic mass is 10.1. The number of nitrogens with zero attached hydrogens (tertiary/aromatic N) is 1. The van der Waals surface area contributed by atoms with Crippen LogP contribution in [0.2, 0.25) is 0 Å². The van der Waals surface area contributed by atoms with Crippen molar-refractivity contribution in [2.75, 3.05) is 17.6 Å². The van der Waals surface area contributed by atoms with E-state index in [0.29, 0.717) is 5.69 Å². The molecule has 0 spiro atoms. The van der Waals surface area contributed by atoms with Gasteiger partial charge in [-0.15, -0.1) is 0 Å². The normalized spacial score (nSPS) is 10.4. The molecule has 0 aromatic heterocycles. The number of para-hydroxylation sites is 1. The van der Waals surface area contributed by atoms with Crippen LogP contribution in [0.25, 0.3) is 0 Å². The van der Waals surface area contributed by atoms with E-state index < -0.39 is 4.92 Å². The first-order valence-corrected chi connectivity index (χ1v) is 6.93. The maximum atomic E-state index is 10.9. The summed E-state index contributed by atoms with van der Waals surface area (Å²) >= 11 is 0. The summed E-state index contributed by atoms with van der Waals surface area (Å²) in [4.78, 5) is 10.5. The third-order valence-corrected chi connectivity index (χ3v) is 3.10. The summed E-state index contributed by atoms with van der Waals surface area (Å²) in [5.41, 5.74) is 6.32. The van der Waals surface area contributed by atoms with Crippen LogP contribution in [0.5, 0.6) is 0 Å². The highest BCUT2D eigenvalue weighted by molar-refractivity contribution is 5.74. The van der Waals surface area contributed by atoms with E-state index in [1.165, 1.54) is 25.7 Å². The number of nitrogens with two attached hydrogens (primary N) is 1. The lowest BCUT2D eigenvalue weighted by Gasteiger charge is -2.08. The minimum Gasteiger partial charge on any atom is -0.393 e. The van der Waals surface area contributed by atoms with Crippen LogP contribution in [-0.4, -0.2) is 11.5 Å². The van der Waals surface area contributed by atoms with Crippen molar-refractivity contribution in [1.29, 1.82) is 0 Å². The zero-order valence-corrected chi connectivity index (χ0v) is 11.5. The molecule has 0 fully saturated rings. The summed E-state index contributed by atoms with van der Waals surface area (Å²) in [5, 5.41) is 14.0. The number of nitrogen functional groups attached to an aromatic ring is 1. The molecule has 1 aromatic carbocycles. The Kier molecular flexibility index (Phi) is 6.71. The Balaban J connectivity index is 2.37. The Bertz CT molecular complexity index is 408. The summed E-state index contributed by atoms with van der Waals surface area (Å²) in [6, 6.07) is 4.98. The van der Waals surface area contributed by atoms with E-state index in [9.17, 15) is 10.1 Å². The average molecular weight is 265 g/mol. The van der Waals surface area contributed by atoms with Crippen molar-refractivity contribution in [3.63, 3.8) is 0 Å². The molecule has 0 heterocycles. The van der Waals surface area contributed by atoms with E-state index >= 15 is 0 Å². The van der Waals surface area contributed by atoms with Crippen LogP contribution in [0.3, 0.4) is 0 Å². The lowest BCUT2D eigenvalue weighted by molar-refractivity contribution is -0.383. The largest absolute Gasteiger partial charge is 0.393 e. The Morgan fingerprint density at radius 2 is 1.89 bits per heavy atom. The lowest BCUT2D eigenvalue weighted by Crippen LogP contribution is -2.06. The second kappa shape index (κ2) is 8.34. The topological polar surface area (TPSA) is 81.2 Å². The van der Waals surface area contributed by atoms with Gasteiger partial charge in [-0.3, -0.25) is 10.1 Å². The summed E-state index contributed by atoms with van der Waals surface area (Å²) in [7, 11) is 0. The van der Waals surface area contributed by atoms with Crippen molar-refractivity contribution in [2.24, 2.45) is 0 Å². The standard InChI is InChI=1S/C14H23N3O2/c1-2-3-4-5-6-7-11-16-13-10-8-9-12(15)14(13)17(18)19/h8-10,16H,2-7,11,15H2,1H3. The molecule has 0 aliphatic carbocycles. The molecule has 5 nitrogen and oxygen atoms in total. The zero-order chi connectivity index (χ0) is 14.1. The Morgan fingerprint density at radius 3 is 2.58 bits per heavy atom. The van der Waals surface area contributed by atoms with Gasteiger partial charge in [0.25, 0.3) is 0 Å². The Labute approximate surface area is 114 Å². The van der Waals surface area contributed by atoms with Crippen LogP contribution in [0, 0.1) is 10.1 Å². The summed E-state index contributed by atoms with van der Waals surface area (Å²) in [6.07, 6.45) is 7.21. The van der Waals surface area contributed by atoms with Crippen molar-refractivity contribution >= 4 is 17.1 Å². The second-order valence-electron chi connectivity index (χ2n) is 4.70. The van der Waals surface area contributed by atoms with E-state index in [0.717, 1.165) is 19.4 Å². The summed E-state index contributed by atoms with van der Waals surface area (Å²) in [6.45, 7) is 2.94. The van der Waals surface area contributed by atoms with Gasteiger partial charge in [-0.2, -0.15) is 0 Å². The van der Waals surface area contributed by atoms with Gasteiger partial charge in [0.1, 0.15) is 11.4 Å².